The van der Waals surface area contributed by atoms with E-state index >= 15 is 0 Å². The first-order valence-electron chi connectivity index (χ1n) is 9.90. The van der Waals surface area contributed by atoms with Crippen LogP contribution in [0.25, 0.3) is 0 Å². The first kappa shape index (κ1) is 18.9. The van der Waals surface area contributed by atoms with Crippen molar-refractivity contribution in [3.8, 4) is 0 Å². The molecule has 0 radical (unpaired) electrons. The normalized spacial score (nSPS) is 22.2. The molecule has 1 aromatic carbocycles. The quantitative estimate of drug-likeness (QED) is 0.874. The van der Waals surface area contributed by atoms with Crippen molar-refractivity contribution in [3.05, 3.63) is 35.6 Å². The smallest absolute Gasteiger partial charge is 0.243 e. The van der Waals surface area contributed by atoms with E-state index in [1.54, 1.807) is 23.1 Å². The molecule has 2 fully saturated rings. The maximum Gasteiger partial charge on any atom is 0.243 e. The molecule has 2 amide bonds. The van der Waals surface area contributed by atoms with Crippen LogP contribution in [0.3, 0.4) is 0 Å². The minimum Gasteiger partial charge on any atom is -0.352 e. The van der Waals surface area contributed by atoms with E-state index in [1.807, 2.05) is 6.92 Å². The number of nitrogens with zero attached hydrogens (tertiary/aromatic N) is 1. The van der Waals surface area contributed by atoms with E-state index in [1.165, 1.54) is 12.5 Å². The molecule has 3 rings (SSSR count). The summed E-state index contributed by atoms with van der Waals surface area (Å²) in [6, 6.07) is 6.46. The first-order valence-corrected chi connectivity index (χ1v) is 9.90. The number of carbonyl (C=O) groups excluding carboxylic acids is 2. The van der Waals surface area contributed by atoms with Crippen molar-refractivity contribution < 1.29 is 14.0 Å². The number of hydrogen-bond acceptors (Lipinski definition) is 2. The summed E-state index contributed by atoms with van der Waals surface area (Å²) in [7, 11) is 0. The highest BCUT2D eigenvalue weighted by Crippen LogP contribution is 2.24. The number of nitrogens with one attached hydrogen (secondary N) is 1. The fourth-order valence-electron chi connectivity index (χ4n) is 4.21. The number of carbonyl (C=O) groups is 2. The number of likely N-dealkylation sites (tertiary alicyclic amines) is 1. The van der Waals surface area contributed by atoms with Crippen LogP contribution in [0.4, 0.5) is 4.39 Å². The van der Waals surface area contributed by atoms with Crippen LogP contribution in [0.5, 0.6) is 0 Å². The van der Waals surface area contributed by atoms with E-state index < -0.39 is 0 Å². The Labute approximate surface area is 155 Å². The molecule has 1 aliphatic heterocycles. The second-order valence-electron chi connectivity index (χ2n) is 7.73. The molecule has 0 spiro atoms. The summed E-state index contributed by atoms with van der Waals surface area (Å²) in [6.45, 7) is 2.44. The number of benzene rings is 1. The van der Waals surface area contributed by atoms with Crippen LogP contribution in [0, 0.1) is 11.7 Å². The Morgan fingerprint density at radius 3 is 2.62 bits per heavy atom. The van der Waals surface area contributed by atoms with Gasteiger partial charge in [-0.15, -0.1) is 0 Å². The monoisotopic (exact) mass is 360 g/mol. The molecule has 5 heteroatoms. The standard InChI is InChI=1S/C21H29FN2O2/c1-15(14-16-8-5-6-11-18(16)22)21(26)24-13-7-12-19(24)20(25)23-17-9-3-2-4-10-17/h5-6,8,11,15,17,19H,2-4,7,9-10,12-14H2,1H3,(H,23,25)/t15?,19-/m1/s1. The molecule has 1 aliphatic carbocycles. The molecule has 2 atom stereocenters. The molecule has 0 bridgehead atoms. The van der Waals surface area contributed by atoms with Gasteiger partial charge in [-0.05, 0) is 43.7 Å². The van der Waals surface area contributed by atoms with Crippen molar-refractivity contribution >= 4 is 11.8 Å². The highest BCUT2D eigenvalue weighted by Gasteiger charge is 2.36. The van der Waals surface area contributed by atoms with Gasteiger partial charge >= 0.3 is 0 Å². The molecular weight excluding hydrogens is 331 g/mol. The van der Waals surface area contributed by atoms with Crippen LogP contribution in [-0.2, 0) is 16.0 Å². The Morgan fingerprint density at radius 1 is 1.15 bits per heavy atom. The zero-order valence-electron chi connectivity index (χ0n) is 15.5. The summed E-state index contributed by atoms with van der Waals surface area (Å²) in [5.74, 6) is -0.675. The van der Waals surface area contributed by atoms with Gasteiger partial charge < -0.3 is 10.2 Å². The number of rotatable bonds is 5. The van der Waals surface area contributed by atoms with Gasteiger partial charge in [0.25, 0.3) is 0 Å². The van der Waals surface area contributed by atoms with Crippen molar-refractivity contribution in [2.75, 3.05) is 6.54 Å². The average Bonchev–Trinajstić information content (AvgIpc) is 3.13. The second-order valence-corrected chi connectivity index (χ2v) is 7.73. The molecule has 4 nitrogen and oxygen atoms in total. The van der Waals surface area contributed by atoms with Gasteiger partial charge in [-0.25, -0.2) is 4.39 Å². The molecule has 1 aromatic rings. The van der Waals surface area contributed by atoms with Gasteiger partial charge in [0.1, 0.15) is 11.9 Å². The Morgan fingerprint density at radius 2 is 1.88 bits per heavy atom. The van der Waals surface area contributed by atoms with Gasteiger partial charge in [0.2, 0.25) is 11.8 Å². The van der Waals surface area contributed by atoms with E-state index in [2.05, 4.69) is 5.32 Å². The van der Waals surface area contributed by atoms with Crippen LogP contribution < -0.4 is 5.32 Å². The lowest BCUT2D eigenvalue weighted by Gasteiger charge is -2.29. The summed E-state index contributed by atoms with van der Waals surface area (Å²) in [6.07, 6.45) is 7.58. The maximum absolute atomic E-state index is 13.9. The van der Waals surface area contributed by atoms with Crippen LogP contribution in [0.1, 0.15) is 57.4 Å². The summed E-state index contributed by atoms with van der Waals surface area (Å²) in [5, 5.41) is 3.15. The third kappa shape index (κ3) is 4.43. The Hall–Kier alpha value is -1.91. The second kappa shape index (κ2) is 8.65. The highest BCUT2D eigenvalue weighted by atomic mass is 19.1. The zero-order chi connectivity index (χ0) is 18.5. The third-order valence-corrected chi connectivity index (χ3v) is 5.70. The molecule has 1 unspecified atom stereocenters. The van der Waals surface area contributed by atoms with Crippen LogP contribution >= 0.6 is 0 Å². The van der Waals surface area contributed by atoms with Crippen LogP contribution in [0.15, 0.2) is 24.3 Å². The number of hydrogen-bond donors (Lipinski definition) is 1. The molecule has 2 aliphatic rings. The van der Waals surface area contributed by atoms with Gasteiger partial charge in [-0.3, -0.25) is 9.59 Å². The fraction of sp³-hybridized carbons (Fsp3) is 0.619. The number of halogens is 1. The van der Waals surface area contributed by atoms with E-state index in [0.29, 0.717) is 18.5 Å². The van der Waals surface area contributed by atoms with Crippen molar-refractivity contribution in [2.24, 2.45) is 5.92 Å². The lowest BCUT2D eigenvalue weighted by Crippen LogP contribution is -2.50. The van der Waals surface area contributed by atoms with Crippen LogP contribution in [-0.4, -0.2) is 35.3 Å². The predicted octanol–water partition coefficient (Wildman–Crippen LogP) is 3.44. The summed E-state index contributed by atoms with van der Waals surface area (Å²) < 4.78 is 13.9. The summed E-state index contributed by atoms with van der Waals surface area (Å²) >= 11 is 0. The van der Waals surface area contributed by atoms with Crippen molar-refractivity contribution in [3.63, 3.8) is 0 Å². The Bertz CT molecular complexity index is 643. The van der Waals surface area contributed by atoms with Crippen molar-refractivity contribution in [2.45, 2.75) is 70.4 Å². The minimum atomic E-state index is -0.368. The Balaban J connectivity index is 1.60. The summed E-state index contributed by atoms with van der Waals surface area (Å²) in [5.41, 5.74) is 0.552. The minimum absolute atomic E-state index is 0.0131. The van der Waals surface area contributed by atoms with Crippen molar-refractivity contribution in [1.29, 1.82) is 0 Å². The van der Waals surface area contributed by atoms with Gasteiger partial charge in [0, 0.05) is 18.5 Å². The molecular formula is C21H29FN2O2. The summed E-state index contributed by atoms with van der Waals surface area (Å²) in [4.78, 5) is 27.3. The highest BCUT2D eigenvalue weighted by molar-refractivity contribution is 5.89. The van der Waals surface area contributed by atoms with Gasteiger partial charge in [-0.1, -0.05) is 44.4 Å². The fourth-order valence-corrected chi connectivity index (χ4v) is 4.21. The molecule has 0 aromatic heterocycles. The van der Waals surface area contributed by atoms with Gasteiger partial charge in [0.05, 0.1) is 0 Å². The number of amides is 2. The van der Waals surface area contributed by atoms with Crippen LogP contribution in [0.2, 0.25) is 0 Å². The average molecular weight is 360 g/mol. The van der Waals surface area contributed by atoms with Gasteiger partial charge in [-0.2, -0.15) is 0 Å². The third-order valence-electron chi connectivity index (χ3n) is 5.70. The first-order chi connectivity index (χ1) is 12.6. The molecule has 1 saturated carbocycles. The predicted molar refractivity (Wildman–Crippen MR) is 99.0 cm³/mol. The van der Waals surface area contributed by atoms with E-state index in [0.717, 1.165) is 38.5 Å². The molecule has 1 saturated heterocycles. The molecule has 1 heterocycles. The SMILES string of the molecule is CC(Cc1ccccc1F)C(=O)N1CCC[C@@H]1C(=O)NC1CCCCC1. The zero-order valence-corrected chi connectivity index (χ0v) is 15.5. The van der Waals surface area contributed by atoms with Crippen molar-refractivity contribution in [1.82, 2.24) is 10.2 Å². The van der Waals surface area contributed by atoms with E-state index in [9.17, 15) is 14.0 Å². The molecule has 26 heavy (non-hydrogen) atoms. The van der Waals surface area contributed by atoms with E-state index in [-0.39, 0.29) is 35.6 Å². The van der Waals surface area contributed by atoms with Gasteiger partial charge in [0.15, 0.2) is 0 Å². The molecule has 1 N–H and O–H groups in total. The maximum atomic E-state index is 13.9. The Kier molecular flexibility index (Phi) is 6.28. The molecule has 142 valence electrons. The topological polar surface area (TPSA) is 49.4 Å². The lowest BCUT2D eigenvalue weighted by molar-refractivity contribution is -0.141. The lowest BCUT2D eigenvalue weighted by atomic mass is 9.95. The largest absolute Gasteiger partial charge is 0.352 e. The van der Waals surface area contributed by atoms with E-state index in [4.69, 9.17) is 0 Å².